The van der Waals surface area contributed by atoms with Crippen LogP contribution >= 0.6 is 34.4 Å². The Morgan fingerprint density at radius 3 is 2.61 bits per heavy atom. The Hall–Kier alpha value is -2.47. The Kier molecular flexibility index (Phi) is 6.28. The van der Waals surface area contributed by atoms with E-state index in [9.17, 15) is 13.2 Å². The molecule has 31 heavy (non-hydrogen) atoms. The van der Waals surface area contributed by atoms with Crippen LogP contribution in [0.4, 0.5) is 0 Å². The first-order chi connectivity index (χ1) is 14.8. The van der Waals surface area contributed by atoms with E-state index in [1.165, 1.54) is 23.1 Å². The van der Waals surface area contributed by atoms with E-state index in [0.717, 1.165) is 32.8 Å². The van der Waals surface area contributed by atoms with Crippen LogP contribution in [0.15, 0.2) is 66.7 Å². The molecule has 0 saturated carbocycles. The number of thiazole rings is 1. The number of hydrogen-bond donors (Lipinski definition) is 1. The van der Waals surface area contributed by atoms with E-state index in [1.54, 1.807) is 22.2 Å². The average molecular weight is 491 g/mol. The van der Waals surface area contributed by atoms with E-state index in [4.69, 9.17) is 0 Å². The number of nitrogens with zero attached hydrogens (tertiary/aromatic N) is 3. The first kappa shape index (κ1) is 21.8. The van der Waals surface area contributed by atoms with Crippen LogP contribution in [0.5, 0.6) is 0 Å². The van der Waals surface area contributed by atoms with E-state index in [-0.39, 0.29) is 10.6 Å². The molecule has 1 aromatic carbocycles. The van der Waals surface area contributed by atoms with Crippen molar-refractivity contribution < 1.29 is 13.2 Å². The van der Waals surface area contributed by atoms with Crippen LogP contribution in [0.3, 0.4) is 0 Å². The van der Waals surface area contributed by atoms with Crippen LogP contribution in [-0.4, -0.2) is 29.1 Å². The third kappa shape index (κ3) is 5.06. The summed E-state index contributed by atoms with van der Waals surface area (Å²) in [4.78, 5) is 17.6. The molecule has 0 saturated heterocycles. The Morgan fingerprint density at radius 2 is 1.90 bits per heavy atom. The number of para-hydroxylation sites is 1. The normalized spacial score (nSPS) is 11.5. The minimum absolute atomic E-state index is 0.103. The van der Waals surface area contributed by atoms with Gasteiger partial charge in [0.2, 0.25) is 5.91 Å². The number of sulfonamides is 1. The summed E-state index contributed by atoms with van der Waals surface area (Å²) in [5.74, 6) is -0.619. The molecule has 4 aromatic rings. The Bertz CT molecular complexity index is 1320. The van der Waals surface area contributed by atoms with Gasteiger partial charge in [-0.2, -0.15) is 5.10 Å². The molecule has 0 aliphatic rings. The van der Waals surface area contributed by atoms with Crippen molar-refractivity contribution in [1.29, 1.82) is 0 Å². The number of thiophene rings is 1. The van der Waals surface area contributed by atoms with Crippen molar-refractivity contribution in [1.82, 2.24) is 19.5 Å². The minimum Gasteiger partial charge on any atom is -0.274 e. The third-order valence-electron chi connectivity index (χ3n) is 4.13. The number of benzene rings is 1. The van der Waals surface area contributed by atoms with Crippen molar-refractivity contribution >= 4 is 50.4 Å². The number of rotatable bonds is 7. The maximum Gasteiger partial charge on any atom is 0.274 e. The lowest BCUT2D eigenvalue weighted by Crippen LogP contribution is -2.32. The second-order valence-electron chi connectivity index (χ2n) is 6.66. The van der Waals surface area contributed by atoms with Gasteiger partial charge in [0, 0.05) is 16.0 Å². The molecule has 0 bridgehead atoms. The summed E-state index contributed by atoms with van der Waals surface area (Å²) in [6, 6.07) is 12.9. The van der Waals surface area contributed by atoms with Gasteiger partial charge in [0.25, 0.3) is 10.0 Å². The first-order valence-electron chi connectivity index (χ1n) is 9.16. The SMILES string of the molecule is Cc1csc(Sc2ccsc2S(=O)(=O)NC(=O)Cc2cc(C)nn2-c2ccccc2)n1. The van der Waals surface area contributed by atoms with Crippen molar-refractivity contribution in [3.63, 3.8) is 0 Å². The Balaban J connectivity index is 1.52. The minimum atomic E-state index is -4.01. The first-order valence-corrected chi connectivity index (χ1v) is 13.2. The van der Waals surface area contributed by atoms with E-state index in [2.05, 4.69) is 14.8 Å². The van der Waals surface area contributed by atoms with Gasteiger partial charge < -0.3 is 0 Å². The number of amides is 1. The fourth-order valence-electron chi connectivity index (χ4n) is 2.90. The molecule has 7 nitrogen and oxygen atoms in total. The van der Waals surface area contributed by atoms with Gasteiger partial charge in [0.1, 0.15) is 0 Å². The van der Waals surface area contributed by atoms with Gasteiger partial charge in [0.05, 0.1) is 23.5 Å². The maximum absolute atomic E-state index is 12.9. The van der Waals surface area contributed by atoms with Crippen LogP contribution in [0.1, 0.15) is 17.1 Å². The van der Waals surface area contributed by atoms with Crippen LogP contribution in [0.2, 0.25) is 0 Å². The van der Waals surface area contributed by atoms with E-state index in [1.807, 2.05) is 49.6 Å². The largest absolute Gasteiger partial charge is 0.274 e. The molecule has 4 rings (SSSR count). The van der Waals surface area contributed by atoms with Crippen molar-refractivity contribution in [2.45, 2.75) is 33.7 Å². The summed E-state index contributed by atoms with van der Waals surface area (Å²) in [6.07, 6.45) is -0.117. The van der Waals surface area contributed by atoms with Gasteiger partial charge in [0.15, 0.2) is 8.55 Å². The summed E-state index contributed by atoms with van der Waals surface area (Å²) < 4.78 is 30.5. The summed E-state index contributed by atoms with van der Waals surface area (Å²) in [5, 5.41) is 8.02. The second-order valence-corrected chi connectivity index (χ2v) is 11.6. The molecule has 1 N–H and O–H groups in total. The molecule has 0 aliphatic carbocycles. The predicted octanol–water partition coefficient (Wildman–Crippen LogP) is 4.21. The van der Waals surface area contributed by atoms with Crippen LogP contribution in [-0.2, 0) is 21.2 Å². The van der Waals surface area contributed by atoms with Crippen LogP contribution < -0.4 is 4.72 Å². The quantitative estimate of drug-likeness (QED) is 0.417. The Morgan fingerprint density at radius 1 is 1.13 bits per heavy atom. The van der Waals surface area contributed by atoms with Crippen LogP contribution in [0.25, 0.3) is 5.69 Å². The molecule has 0 atom stereocenters. The van der Waals surface area contributed by atoms with Crippen molar-refractivity contribution in [2.75, 3.05) is 0 Å². The van der Waals surface area contributed by atoms with E-state index in [0.29, 0.717) is 10.6 Å². The van der Waals surface area contributed by atoms with Gasteiger partial charge >= 0.3 is 0 Å². The molecule has 11 heteroatoms. The molecule has 3 heterocycles. The maximum atomic E-state index is 12.9. The molecule has 0 unspecified atom stereocenters. The Labute approximate surface area is 192 Å². The molecule has 3 aromatic heterocycles. The van der Waals surface area contributed by atoms with Gasteiger partial charge in [-0.25, -0.2) is 22.8 Å². The zero-order valence-electron chi connectivity index (χ0n) is 16.6. The molecule has 0 fully saturated rings. The number of aryl methyl sites for hydroxylation is 2. The molecule has 0 aliphatic heterocycles. The van der Waals surface area contributed by atoms with Gasteiger partial charge in [-0.15, -0.1) is 22.7 Å². The highest BCUT2D eigenvalue weighted by Gasteiger charge is 2.25. The summed E-state index contributed by atoms with van der Waals surface area (Å²) in [5.41, 5.74) is 3.03. The zero-order chi connectivity index (χ0) is 22.0. The van der Waals surface area contributed by atoms with Crippen molar-refractivity contribution in [3.05, 3.63) is 70.3 Å². The van der Waals surface area contributed by atoms with Crippen molar-refractivity contribution in [2.24, 2.45) is 0 Å². The highest BCUT2D eigenvalue weighted by atomic mass is 32.2. The number of carbonyl (C=O) groups excluding carboxylic acids is 1. The van der Waals surface area contributed by atoms with Gasteiger partial charge in [-0.1, -0.05) is 30.0 Å². The summed E-state index contributed by atoms with van der Waals surface area (Å²) in [7, 11) is -4.01. The highest BCUT2D eigenvalue weighted by molar-refractivity contribution is 8.02. The molecule has 160 valence electrons. The second kappa shape index (κ2) is 8.95. The standard InChI is InChI=1S/C20H18N4O3S4/c1-13-10-16(24(22-13)15-6-4-3-5-7-15)11-18(25)23-31(26,27)19-17(8-9-28-19)30-20-21-14(2)12-29-20/h3-10,12H,11H2,1-2H3,(H,23,25). The number of aromatic nitrogens is 3. The topological polar surface area (TPSA) is 94.0 Å². The molecule has 0 radical (unpaired) electrons. The number of carbonyl (C=O) groups is 1. The lowest BCUT2D eigenvalue weighted by molar-refractivity contribution is -0.118. The van der Waals surface area contributed by atoms with Gasteiger partial charge in [-0.3, -0.25) is 4.79 Å². The zero-order valence-corrected chi connectivity index (χ0v) is 19.9. The lowest BCUT2D eigenvalue weighted by Gasteiger charge is -2.09. The fourth-order valence-corrected chi connectivity index (χ4v) is 7.54. The third-order valence-corrected chi connectivity index (χ3v) is 9.36. The number of nitrogens with one attached hydrogen (secondary N) is 1. The van der Waals surface area contributed by atoms with Crippen LogP contribution in [0, 0.1) is 13.8 Å². The smallest absolute Gasteiger partial charge is 0.274 e. The van der Waals surface area contributed by atoms with E-state index < -0.39 is 15.9 Å². The summed E-state index contributed by atoms with van der Waals surface area (Å²) in [6.45, 7) is 3.71. The average Bonchev–Trinajstić information content (AvgIpc) is 3.43. The number of hydrogen-bond acceptors (Lipinski definition) is 8. The fraction of sp³-hybridized carbons (Fsp3) is 0.150. The molecular formula is C20H18N4O3S4. The summed E-state index contributed by atoms with van der Waals surface area (Å²) >= 11 is 3.80. The lowest BCUT2D eigenvalue weighted by atomic mass is 10.2. The molecular weight excluding hydrogens is 473 g/mol. The van der Waals surface area contributed by atoms with Crippen molar-refractivity contribution in [3.8, 4) is 5.69 Å². The molecule has 1 amide bonds. The highest BCUT2D eigenvalue weighted by Crippen LogP contribution is 2.37. The van der Waals surface area contributed by atoms with Gasteiger partial charge in [-0.05, 0) is 43.5 Å². The predicted molar refractivity (Wildman–Crippen MR) is 123 cm³/mol. The molecule has 0 spiro atoms. The monoisotopic (exact) mass is 490 g/mol. The van der Waals surface area contributed by atoms with E-state index >= 15 is 0 Å².